The monoisotopic (exact) mass is 362 g/mol. The van der Waals surface area contributed by atoms with Crippen LogP contribution >= 0.6 is 0 Å². The van der Waals surface area contributed by atoms with Crippen molar-refractivity contribution in [2.24, 2.45) is 0 Å². The van der Waals surface area contributed by atoms with Gasteiger partial charge in [0.1, 0.15) is 0 Å². The molecule has 2 aromatic rings. The Balaban J connectivity index is 1.63. The van der Waals surface area contributed by atoms with Crippen LogP contribution in [0, 0.1) is 6.92 Å². The summed E-state index contributed by atoms with van der Waals surface area (Å²) in [6.45, 7) is 3.75. The lowest BCUT2D eigenvalue weighted by atomic mass is 10.1. The van der Waals surface area contributed by atoms with E-state index >= 15 is 0 Å². The number of hydrogen-bond acceptors (Lipinski definition) is 2. The summed E-state index contributed by atoms with van der Waals surface area (Å²) in [6, 6.07) is 13.6. The molecule has 0 unspecified atom stereocenters. The summed E-state index contributed by atoms with van der Waals surface area (Å²) in [6.07, 6.45) is -4.00. The molecule has 1 aliphatic heterocycles. The summed E-state index contributed by atoms with van der Waals surface area (Å²) >= 11 is 0. The molecule has 3 rings (SSSR count). The van der Waals surface area contributed by atoms with E-state index in [2.05, 4.69) is 0 Å². The van der Waals surface area contributed by atoms with Gasteiger partial charge in [0.15, 0.2) is 0 Å². The molecule has 6 heteroatoms. The summed E-state index contributed by atoms with van der Waals surface area (Å²) in [5.41, 5.74) is 1.48. The number of hydrogen-bond donors (Lipinski definition) is 0. The van der Waals surface area contributed by atoms with E-state index < -0.39 is 11.7 Å². The zero-order chi connectivity index (χ0) is 18.7. The number of piperazine rings is 1. The fourth-order valence-electron chi connectivity index (χ4n) is 3.21. The average molecular weight is 362 g/mol. The number of alkyl halides is 3. The Bertz CT molecular complexity index is 766. The molecule has 0 spiro atoms. The number of halogens is 3. The molecule has 138 valence electrons. The lowest BCUT2D eigenvalue weighted by molar-refractivity contribution is -0.137. The Morgan fingerprint density at radius 1 is 1.00 bits per heavy atom. The summed E-state index contributed by atoms with van der Waals surface area (Å²) in [7, 11) is 0. The van der Waals surface area contributed by atoms with Crippen molar-refractivity contribution in [3.05, 3.63) is 65.2 Å². The van der Waals surface area contributed by atoms with E-state index in [0.29, 0.717) is 43.9 Å². The van der Waals surface area contributed by atoms with E-state index in [0.717, 1.165) is 11.6 Å². The van der Waals surface area contributed by atoms with Crippen molar-refractivity contribution >= 4 is 11.6 Å². The fraction of sp³-hybridized carbons (Fsp3) is 0.350. The number of rotatable bonds is 3. The van der Waals surface area contributed by atoms with Crippen LogP contribution < -0.4 is 4.90 Å². The molecule has 0 bridgehead atoms. The van der Waals surface area contributed by atoms with Gasteiger partial charge in [-0.1, -0.05) is 30.3 Å². The maximum atomic E-state index is 13.0. The number of amides is 1. The molecular weight excluding hydrogens is 341 g/mol. The van der Waals surface area contributed by atoms with Crippen LogP contribution in [0.25, 0.3) is 0 Å². The van der Waals surface area contributed by atoms with Crippen LogP contribution in [-0.4, -0.2) is 37.0 Å². The van der Waals surface area contributed by atoms with Crippen LogP contribution in [0.5, 0.6) is 0 Å². The lowest BCUT2D eigenvalue weighted by Crippen LogP contribution is -2.49. The van der Waals surface area contributed by atoms with Gasteiger partial charge in [0.2, 0.25) is 5.91 Å². The molecule has 0 atom stereocenters. The maximum absolute atomic E-state index is 13.0. The largest absolute Gasteiger partial charge is 0.416 e. The van der Waals surface area contributed by atoms with Gasteiger partial charge in [-0.3, -0.25) is 4.79 Å². The Kier molecular flexibility index (Phi) is 5.20. The van der Waals surface area contributed by atoms with Crippen molar-refractivity contribution in [2.45, 2.75) is 19.5 Å². The Morgan fingerprint density at radius 2 is 1.65 bits per heavy atom. The SMILES string of the molecule is Cc1cc(N2CCN(C(=O)Cc3ccccc3)CC2)cc(C(F)(F)F)c1. The minimum Gasteiger partial charge on any atom is -0.368 e. The molecule has 0 aromatic heterocycles. The topological polar surface area (TPSA) is 23.6 Å². The first kappa shape index (κ1) is 18.3. The summed E-state index contributed by atoms with van der Waals surface area (Å²) in [5.74, 6) is 0.0519. The second kappa shape index (κ2) is 7.40. The molecule has 1 aliphatic rings. The van der Waals surface area contributed by atoms with Gasteiger partial charge in [-0.25, -0.2) is 0 Å². The molecule has 26 heavy (non-hydrogen) atoms. The van der Waals surface area contributed by atoms with Gasteiger partial charge in [0, 0.05) is 31.9 Å². The molecule has 0 aliphatic carbocycles. The molecule has 1 heterocycles. The van der Waals surface area contributed by atoms with Crippen LogP contribution in [0.2, 0.25) is 0 Å². The normalized spacial score (nSPS) is 15.2. The third-order valence-electron chi connectivity index (χ3n) is 4.59. The smallest absolute Gasteiger partial charge is 0.368 e. The molecule has 2 aromatic carbocycles. The van der Waals surface area contributed by atoms with Crippen LogP contribution in [0.4, 0.5) is 18.9 Å². The zero-order valence-corrected chi connectivity index (χ0v) is 14.6. The van der Waals surface area contributed by atoms with Crippen molar-refractivity contribution in [1.82, 2.24) is 4.90 Å². The lowest BCUT2D eigenvalue weighted by Gasteiger charge is -2.36. The molecule has 1 amide bonds. The summed E-state index contributed by atoms with van der Waals surface area (Å²) in [5, 5.41) is 0. The van der Waals surface area contributed by atoms with Gasteiger partial charge < -0.3 is 9.80 Å². The quantitative estimate of drug-likeness (QED) is 0.827. The highest BCUT2D eigenvalue weighted by molar-refractivity contribution is 5.79. The van der Waals surface area contributed by atoms with Crippen LogP contribution in [0.1, 0.15) is 16.7 Å². The van der Waals surface area contributed by atoms with E-state index in [1.165, 1.54) is 6.07 Å². The molecule has 3 nitrogen and oxygen atoms in total. The molecule has 0 radical (unpaired) electrons. The van der Waals surface area contributed by atoms with E-state index in [1.54, 1.807) is 17.9 Å². The summed E-state index contributed by atoms with van der Waals surface area (Å²) < 4.78 is 39.1. The molecule has 0 N–H and O–H groups in total. The van der Waals surface area contributed by atoms with Gasteiger partial charge >= 0.3 is 6.18 Å². The molecular formula is C20H21F3N2O. The molecule has 1 fully saturated rings. The standard InChI is InChI=1S/C20H21F3N2O/c1-15-11-17(20(21,22)23)14-18(12-15)24-7-9-25(10-8-24)19(26)13-16-5-3-2-4-6-16/h2-6,11-12,14H,7-10,13H2,1H3. The first-order chi connectivity index (χ1) is 12.3. The number of carbonyl (C=O) groups is 1. The van der Waals surface area contributed by atoms with Crippen molar-refractivity contribution in [3.63, 3.8) is 0 Å². The third kappa shape index (κ3) is 4.36. The number of anilines is 1. The number of aryl methyl sites for hydroxylation is 1. The minimum absolute atomic E-state index is 0.0519. The predicted octanol–water partition coefficient (Wildman–Crippen LogP) is 3.91. The van der Waals surface area contributed by atoms with Crippen molar-refractivity contribution in [3.8, 4) is 0 Å². The van der Waals surface area contributed by atoms with Crippen LogP contribution in [-0.2, 0) is 17.4 Å². The van der Waals surface area contributed by atoms with Gasteiger partial charge in [-0.15, -0.1) is 0 Å². The zero-order valence-electron chi connectivity index (χ0n) is 14.6. The Morgan fingerprint density at radius 3 is 2.27 bits per heavy atom. The highest BCUT2D eigenvalue weighted by Crippen LogP contribution is 2.33. The third-order valence-corrected chi connectivity index (χ3v) is 4.59. The average Bonchev–Trinajstić information content (AvgIpc) is 2.61. The van der Waals surface area contributed by atoms with E-state index in [1.807, 2.05) is 35.2 Å². The predicted molar refractivity (Wildman–Crippen MR) is 95.1 cm³/mol. The van der Waals surface area contributed by atoms with Gasteiger partial charge in [0.05, 0.1) is 12.0 Å². The molecule has 0 saturated carbocycles. The minimum atomic E-state index is -4.35. The van der Waals surface area contributed by atoms with Crippen LogP contribution in [0.3, 0.4) is 0 Å². The highest BCUT2D eigenvalue weighted by atomic mass is 19.4. The van der Waals surface area contributed by atoms with Gasteiger partial charge in [0.25, 0.3) is 0 Å². The highest BCUT2D eigenvalue weighted by Gasteiger charge is 2.31. The van der Waals surface area contributed by atoms with E-state index in [9.17, 15) is 18.0 Å². The van der Waals surface area contributed by atoms with Gasteiger partial charge in [-0.2, -0.15) is 13.2 Å². The molecule has 1 saturated heterocycles. The van der Waals surface area contributed by atoms with Gasteiger partial charge in [-0.05, 0) is 36.2 Å². The van der Waals surface area contributed by atoms with Crippen molar-refractivity contribution in [2.75, 3.05) is 31.1 Å². The fourth-order valence-corrected chi connectivity index (χ4v) is 3.21. The maximum Gasteiger partial charge on any atom is 0.416 e. The van der Waals surface area contributed by atoms with Crippen LogP contribution in [0.15, 0.2) is 48.5 Å². The summed E-state index contributed by atoms with van der Waals surface area (Å²) in [4.78, 5) is 16.1. The first-order valence-electron chi connectivity index (χ1n) is 8.58. The van der Waals surface area contributed by atoms with E-state index in [4.69, 9.17) is 0 Å². The Labute approximate surface area is 151 Å². The number of carbonyl (C=O) groups excluding carboxylic acids is 1. The number of benzene rings is 2. The van der Waals surface area contributed by atoms with Crippen molar-refractivity contribution in [1.29, 1.82) is 0 Å². The Hall–Kier alpha value is -2.50. The van der Waals surface area contributed by atoms with E-state index in [-0.39, 0.29) is 5.91 Å². The first-order valence-corrected chi connectivity index (χ1v) is 8.58. The second-order valence-corrected chi connectivity index (χ2v) is 6.59. The van der Waals surface area contributed by atoms with Crippen molar-refractivity contribution < 1.29 is 18.0 Å². The second-order valence-electron chi connectivity index (χ2n) is 6.59. The number of nitrogens with zero attached hydrogens (tertiary/aromatic N) is 2.